The van der Waals surface area contributed by atoms with E-state index in [9.17, 15) is 9.59 Å². The molecule has 134 valence electrons. The average Bonchev–Trinajstić information content (AvgIpc) is 3.25. The molecule has 3 heterocycles. The van der Waals surface area contributed by atoms with Crippen molar-refractivity contribution in [3.05, 3.63) is 29.9 Å². The second-order valence-corrected chi connectivity index (χ2v) is 5.88. The van der Waals surface area contributed by atoms with Gasteiger partial charge in [0.15, 0.2) is 5.76 Å². The molecule has 1 aliphatic rings. The van der Waals surface area contributed by atoms with E-state index in [2.05, 4.69) is 10.3 Å². The summed E-state index contributed by atoms with van der Waals surface area (Å²) >= 11 is 0. The number of aryl methyl sites for hydroxylation is 1. The molecule has 3 rings (SSSR count). The fourth-order valence-electron chi connectivity index (χ4n) is 2.77. The Kier molecular flexibility index (Phi) is 5.06. The normalized spacial score (nSPS) is 14.6. The fourth-order valence-corrected chi connectivity index (χ4v) is 2.77. The number of urea groups is 1. The van der Waals surface area contributed by atoms with Crippen LogP contribution in [0.2, 0.25) is 0 Å². The Hall–Kier alpha value is -2.77. The highest BCUT2D eigenvalue weighted by molar-refractivity contribution is 5.79. The second kappa shape index (κ2) is 7.42. The molecule has 0 spiro atoms. The number of rotatable bonds is 4. The minimum atomic E-state index is -0.0787. The molecule has 2 aromatic rings. The van der Waals surface area contributed by atoms with Crippen LogP contribution in [0.3, 0.4) is 0 Å². The SMILES string of the molecule is CCNC(=O)N1CCN(C(=O)Cc2nc(-c3ccco3)oc2C)CC1. The molecule has 1 aliphatic heterocycles. The lowest BCUT2D eigenvalue weighted by atomic mass is 10.2. The topological polar surface area (TPSA) is 91.8 Å². The van der Waals surface area contributed by atoms with Crippen molar-refractivity contribution in [3.8, 4) is 11.7 Å². The molecule has 1 fully saturated rings. The molecule has 0 aromatic carbocycles. The van der Waals surface area contributed by atoms with Crippen molar-refractivity contribution in [3.63, 3.8) is 0 Å². The molecule has 0 atom stereocenters. The summed E-state index contributed by atoms with van der Waals surface area (Å²) in [5.74, 6) is 1.52. The van der Waals surface area contributed by atoms with Crippen LogP contribution in [0, 0.1) is 6.92 Å². The van der Waals surface area contributed by atoms with E-state index in [1.54, 1.807) is 35.1 Å². The van der Waals surface area contributed by atoms with Gasteiger partial charge in [0, 0.05) is 32.7 Å². The van der Waals surface area contributed by atoms with Gasteiger partial charge in [-0.15, -0.1) is 0 Å². The standard InChI is InChI=1S/C17H22N4O4/c1-3-18-17(23)21-8-6-20(7-9-21)15(22)11-13-12(2)25-16(19-13)14-5-4-10-24-14/h4-5,10H,3,6-9,11H2,1-2H3,(H,18,23). The number of piperazine rings is 1. The van der Waals surface area contributed by atoms with Crippen molar-refractivity contribution in [2.45, 2.75) is 20.3 Å². The van der Waals surface area contributed by atoms with Crippen LogP contribution in [-0.2, 0) is 11.2 Å². The third kappa shape index (κ3) is 3.84. The van der Waals surface area contributed by atoms with Crippen molar-refractivity contribution in [2.75, 3.05) is 32.7 Å². The van der Waals surface area contributed by atoms with E-state index in [4.69, 9.17) is 8.83 Å². The lowest BCUT2D eigenvalue weighted by Gasteiger charge is -2.34. The maximum atomic E-state index is 12.5. The lowest BCUT2D eigenvalue weighted by Crippen LogP contribution is -2.53. The second-order valence-electron chi connectivity index (χ2n) is 5.88. The molecular formula is C17H22N4O4. The number of furan rings is 1. The van der Waals surface area contributed by atoms with Crippen LogP contribution in [0.1, 0.15) is 18.4 Å². The van der Waals surface area contributed by atoms with E-state index in [0.717, 1.165) is 0 Å². The van der Waals surface area contributed by atoms with Crippen LogP contribution >= 0.6 is 0 Å². The fraction of sp³-hybridized carbons (Fsp3) is 0.471. The highest BCUT2D eigenvalue weighted by atomic mass is 16.4. The van der Waals surface area contributed by atoms with E-state index in [-0.39, 0.29) is 18.4 Å². The van der Waals surface area contributed by atoms with E-state index in [0.29, 0.717) is 55.8 Å². The number of carbonyl (C=O) groups is 2. The lowest BCUT2D eigenvalue weighted by molar-refractivity contribution is -0.131. The third-order valence-electron chi connectivity index (χ3n) is 4.19. The van der Waals surface area contributed by atoms with Crippen LogP contribution < -0.4 is 5.32 Å². The highest BCUT2D eigenvalue weighted by Gasteiger charge is 2.25. The summed E-state index contributed by atoms with van der Waals surface area (Å²) < 4.78 is 10.9. The summed E-state index contributed by atoms with van der Waals surface area (Å²) in [6.07, 6.45) is 1.73. The zero-order chi connectivity index (χ0) is 17.8. The predicted molar refractivity (Wildman–Crippen MR) is 89.9 cm³/mol. The number of carbonyl (C=O) groups excluding carboxylic acids is 2. The molecule has 0 aliphatic carbocycles. The van der Waals surface area contributed by atoms with Gasteiger partial charge in [0.1, 0.15) is 5.76 Å². The quantitative estimate of drug-likeness (QED) is 0.909. The smallest absolute Gasteiger partial charge is 0.317 e. The van der Waals surface area contributed by atoms with E-state index in [1.807, 2.05) is 6.92 Å². The van der Waals surface area contributed by atoms with Gasteiger partial charge >= 0.3 is 6.03 Å². The van der Waals surface area contributed by atoms with Crippen LogP contribution in [0.15, 0.2) is 27.2 Å². The summed E-state index contributed by atoms with van der Waals surface area (Å²) in [5.41, 5.74) is 0.613. The first kappa shape index (κ1) is 17.1. The first-order valence-electron chi connectivity index (χ1n) is 8.39. The van der Waals surface area contributed by atoms with Gasteiger partial charge in [0.2, 0.25) is 5.91 Å². The van der Waals surface area contributed by atoms with Crippen LogP contribution in [-0.4, -0.2) is 59.4 Å². The summed E-state index contributed by atoms with van der Waals surface area (Å²) in [7, 11) is 0. The Balaban J connectivity index is 1.58. The zero-order valence-electron chi connectivity index (χ0n) is 14.4. The van der Waals surface area contributed by atoms with Crippen molar-refractivity contribution in [1.82, 2.24) is 20.1 Å². The van der Waals surface area contributed by atoms with Gasteiger partial charge in [-0.3, -0.25) is 4.79 Å². The Morgan fingerprint density at radius 1 is 1.24 bits per heavy atom. The van der Waals surface area contributed by atoms with Gasteiger partial charge in [-0.1, -0.05) is 0 Å². The maximum Gasteiger partial charge on any atom is 0.317 e. The third-order valence-corrected chi connectivity index (χ3v) is 4.19. The molecule has 8 nitrogen and oxygen atoms in total. The van der Waals surface area contributed by atoms with E-state index < -0.39 is 0 Å². The van der Waals surface area contributed by atoms with Crippen molar-refractivity contribution in [2.24, 2.45) is 0 Å². The number of oxazole rings is 1. The molecule has 0 saturated carbocycles. The largest absolute Gasteiger partial charge is 0.459 e. The van der Waals surface area contributed by atoms with Gasteiger partial charge in [-0.2, -0.15) is 0 Å². The van der Waals surface area contributed by atoms with Gasteiger partial charge in [0.25, 0.3) is 5.89 Å². The summed E-state index contributed by atoms with van der Waals surface area (Å²) in [6.45, 7) is 6.39. The number of amides is 3. The molecule has 8 heteroatoms. The molecule has 2 aromatic heterocycles. The molecule has 0 radical (unpaired) electrons. The number of hydrogen-bond donors (Lipinski definition) is 1. The van der Waals surface area contributed by atoms with Gasteiger partial charge in [-0.05, 0) is 26.0 Å². The number of nitrogens with zero attached hydrogens (tertiary/aromatic N) is 3. The van der Waals surface area contributed by atoms with Gasteiger partial charge in [-0.25, -0.2) is 9.78 Å². The summed E-state index contributed by atoms with van der Waals surface area (Å²) in [4.78, 5) is 32.2. The van der Waals surface area contributed by atoms with Crippen LogP contribution in [0.5, 0.6) is 0 Å². The first-order valence-corrected chi connectivity index (χ1v) is 8.39. The average molecular weight is 346 g/mol. The van der Waals surface area contributed by atoms with Crippen molar-refractivity contribution in [1.29, 1.82) is 0 Å². The van der Waals surface area contributed by atoms with Crippen molar-refractivity contribution >= 4 is 11.9 Å². The monoisotopic (exact) mass is 346 g/mol. The summed E-state index contributed by atoms with van der Waals surface area (Å²) in [5, 5.41) is 2.77. The Labute approximate surface area is 145 Å². The van der Waals surface area contributed by atoms with Gasteiger partial charge < -0.3 is 24.0 Å². The van der Waals surface area contributed by atoms with Crippen molar-refractivity contribution < 1.29 is 18.4 Å². The molecule has 1 N–H and O–H groups in total. The predicted octanol–water partition coefficient (Wildman–Crippen LogP) is 1.66. The zero-order valence-corrected chi connectivity index (χ0v) is 14.4. The molecule has 25 heavy (non-hydrogen) atoms. The molecular weight excluding hydrogens is 324 g/mol. The first-order chi connectivity index (χ1) is 12.1. The van der Waals surface area contributed by atoms with E-state index >= 15 is 0 Å². The van der Waals surface area contributed by atoms with Crippen LogP contribution in [0.25, 0.3) is 11.7 Å². The Morgan fingerprint density at radius 2 is 1.96 bits per heavy atom. The Morgan fingerprint density at radius 3 is 2.60 bits per heavy atom. The Bertz CT molecular complexity index is 730. The van der Waals surface area contributed by atoms with E-state index in [1.165, 1.54) is 0 Å². The molecule has 0 unspecified atom stereocenters. The number of aromatic nitrogens is 1. The molecule has 0 bridgehead atoms. The van der Waals surface area contributed by atoms with Gasteiger partial charge in [0.05, 0.1) is 18.4 Å². The number of hydrogen-bond acceptors (Lipinski definition) is 5. The molecule has 1 saturated heterocycles. The molecule has 3 amide bonds. The number of nitrogens with one attached hydrogen (secondary N) is 1. The maximum absolute atomic E-state index is 12.5. The van der Waals surface area contributed by atoms with Crippen LogP contribution in [0.4, 0.5) is 4.79 Å². The summed E-state index contributed by atoms with van der Waals surface area (Å²) in [6, 6.07) is 3.44. The minimum absolute atomic E-state index is 0.0158. The highest BCUT2D eigenvalue weighted by Crippen LogP contribution is 2.22. The minimum Gasteiger partial charge on any atom is -0.459 e.